The molecule has 0 unspecified atom stereocenters. The molecule has 2 aliphatic rings. The molecular weight excluding hydrogens is 595 g/mol. The van der Waals surface area contributed by atoms with Gasteiger partial charge in [-0.25, -0.2) is 18.2 Å². The van der Waals surface area contributed by atoms with Gasteiger partial charge in [-0.15, -0.1) is 0 Å². The molecule has 4 heterocycles. The number of aromatic nitrogens is 2. The topological polar surface area (TPSA) is 114 Å². The van der Waals surface area contributed by atoms with Crippen molar-refractivity contribution in [1.29, 1.82) is 0 Å². The first-order valence-corrected chi connectivity index (χ1v) is 15.1. The summed E-state index contributed by atoms with van der Waals surface area (Å²) in [6.45, 7) is 0.179. The molecule has 234 valence electrons. The van der Waals surface area contributed by atoms with E-state index in [9.17, 15) is 22.8 Å². The highest BCUT2D eigenvalue weighted by molar-refractivity contribution is 5.97. The van der Waals surface area contributed by atoms with Crippen LogP contribution in [0.25, 0.3) is 33.4 Å². The number of carbonyl (C=O) groups is 2. The van der Waals surface area contributed by atoms with Crippen molar-refractivity contribution in [3.8, 4) is 22.4 Å². The number of hydrogen-bond donors (Lipinski definition) is 2. The summed E-state index contributed by atoms with van der Waals surface area (Å²) in [4.78, 5) is 35.9. The van der Waals surface area contributed by atoms with Crippen molar-refractivity contribution in [3.63, 3.8) is 0 Å². The lowest BCUT2D eigenvalue weighted by molar-refractivity contribution is -0.122. The summed E-state index contributed by atoms with van der Waals surface area (Å²) in [5.74, 6) is -2.56. The molecule has 7 rings (SSSR count). The number of alkyl halides is 2. The van der Waals surface area contributed by atoms with E-state index >= 15 is 0 Å². The average molecular weight is 626 g/mol. The molecule has 0 spiro atoms. The molecule has 1 aliphatic carbocycles. The molecule has 3 N–H and O–H groups in total. The summed E-state index contributed by atoms with van der Waals surface area (Å²) < 4.78 is 47.2. The highest BCUT2D eigenvalue weighted by Gasteiger charge is 2.44. The number of nitrogens with zero attached hydrogens (tertiary/aromatic N) is 3. The Morgan fingerprint density at radius 3 is 2.43 bits per heavy atom. The third-order valence-electron chi connectivity index (χ3n) is 8.71. The largest absolute Gasteiger partial charge is 0.459 e. The smallest absolute Gasteiger partial charge is 0.255 e. The van der Waals surface area contributed by atoms with Crippen LogP contribution in [0.1, 0.15) is 46.9 Å². The Morgan fingerprint density at radius 1 is 0.957 bits per heavy atom. The van der Waals surface area contributed by atoms with Crippen molar-refractivity contribution in [1.82, 2.24) is 20.2 Å². The Labute approximate surface area is 262 Å². The second-order valence-electron chi connectivity index (χ2n) is 11.9. The third-order valence-corrected chi connectivity index (χ3v) is 8.71. The van der Waals surface area contributed by atoms with Crippen molar-refractivity contribution >= 4 is 28.6 Å². The lowest BCUT2D eigenvalue weighted by atomic mass is 9.98. The summed E-state index contributed by atoms with van der Waals surface area (Å²) in [7, 11) is 0. The molecule has 3 aromatic heterocycles. The first-order chi connectivity index (χ1) is 22.1. The third kappa shape index (κ3) is 6.04. The molecule has 2 aromatic carbocycles. The van der Waals surface area contributed by atoms with Gasteiger partial charge in [-0.3, -0.25) is 14.6 Å². The lowest BCUT2D eigenvalue weighted by Gasteiger charge is -2.31. The van der Waals surface area contributed by atoms with Gasteiger partial charge in [0.2, 0.25) is 5.91 Å². The Morgan fingerprint density at radius 2 is 1.74 bits per heavy atom. The molecule has 5 aromatic rings. The Kier molecular flexibility index (Phi) is 7.46. The van der Waals surface area contributed by atoms with Crippen molar-refractivity contribution in [2.24, 2.45) is 5.92 Å². The summed E-state index contributed by atoms with van der Waals surface area (Å²) >= 11 is 0. The number of benzene rings is 2. The van der Waals surface area contributed by atoms with E-state index in [4.69, 9.17) is 10.2 Å². The normalized spacial score (nSPS) is 18.8. The quantitative estimate of drug-likeness (QED) is 0.212. The molecule has 2 amide bonds. The van der Waals surface area contributed by atoms with E-state index in [0.29, 0.717) is 34.0 Å². The number of amides is 2. The summed E-state index contributed by atoms with van der Waals surface area (Å²) in [5, 5.41) is 3.74. The van der Waals surface area contributed by atoms with Crippen molar-refractivity contribution in [3.05, 3.63) is 102 Å². The van der Waals surface area contributed by atoms with Crippen LogP contribution in [0.5, 0.6) is 0 Å². The van der Waals surface area contributed by atoms with Gasteiger partial charge in [0.05, 0.1) is 17.8 Å². The van der Waals surface area contributed by atoms with E-state index in [-0.39, 0.29) is 61.9 Å². The number of halogens is 3. The fourth-order valence-corrected chi connectivity index (χ4v) is 5.99. The van der Waals surface area contributed by atoms with Gasteiger partial charge in [0.25, 0.3) is 11.8 Å². The van der Waals surface area contributed by atoms with Gasteiger partial charge in [0, 0.05) is 60.8 Å². The number of nitrogens with one attached hydrogen (secondary N) is 1. The number of hydrogen-bond acceptors (Lipinski definition) is 6. The Hall–Kier alpha value is -5.19. The Balaban J connectivity index is 1.12. The van der Waals surface area contributed by atoms with Crippen LogP contribution in [0.2, 0.25) is 0 Å². The predicted molar refractivity (Wildman–Crippen MR) is 166 cm³/mol. The monoisotopic (exact) mass is 625 g/mol. The highest BCUT2D eigenvalue weighted by atomic mass is 19.3. The minimum atomic E-state index is -2.74. The van der Waals surface area contributed by atoms with Gasteiger partial charge in [0.1, 0.15) is 23.0 Å². The van der Waals surface area contributed by atoms with Crippen molar-refractivity contribution in [2.75, 3.05) is 18.8 Å². The number of pyridine rings is 2. The zero-order chi connectivity index (χ0) is 32.0. The number of furan rings is 1. The molecule has 2 atom stereocenters. The van der Waals surface area contributed by atoms with Crippen LogP contribution in [0, 0.1) is 11.7 Å². The number of carbonyl (C=O) groups excluding carboxylic acids is 2. The standard InChI is InChI=1S/C35H30F3N5O3/c36-25-5-1-20(2-6-25)28-15-23(30-7-3-22(18-40-30)34(45)43-11-9-35(37,38)10-12-43)13-24-14-26(46-32(24)28)19-42-33(44)29-16-27(29)21-4-8-31(39)41-17-21/h1-8,13-15,17-18,27,29H,9-12,16,19H2,(H2,39,41)(H,42,44)/t27-,29+/m1/s1. The van der Waals surface area contributed by atoms with Gasteiger partial charge in [0.15, 0.2) is 0 Å². The number of fused-ring (bicyclic) bond motifs is 1. The van der Waals surface area contributed by atoms with E-state index < -0.39 is 5.92 Å². The molecule has 1 aliphatic heterocycles. The van der Waals surface area contributed by atoms with E-state index in [0.717, 1.165) is 28.5 Å². The molecule has 46 heavy (non-hydrogen) atoms. The first kappa shape index (κ1) is 29.5. The maximum absolute atomic E-state index is 13.8. The number of likely N-dealkylation sites (tertiary alicyclic amines) is 1. The molecule has 8 nitrogen and oxygen atoms in total. The molecular formula is C35H30F3N5O3. The van der Waals surface area contributed by atoms with Crippen LogP contribution in [-0.2, 0) is 11.3 Å². The maximum atomic E-state index is 13.8. The van der Waals surface area contributed by atoms with E-state index in [2.05, 4.69) is 15.3 Å². The van der Waals surface area contributed by atoms with Gasteiger partial charge >= 0.3 is 0 Å². The number of rotatable bonds is 7. The number of nitrogens with two attached hydrogens (primary N) is 1. The van der Waals surface area contributed by atoms with Crippen LogP contribution in [-0.4, -0.2) is 45.7 Å². The zero-order valence-electron chi connectivity index (χ0n) is 24.7. The van der Waals surface area contributed by atoms with Crippen LogP contribution in [0.3, 0.4) is 0 Å². The lowest BCUT2D eigenvalue weighted by Crippen LogP contribution is -2.42. The average Bonchev–Trinajstić information content (AvgIpc) is 3.75. The molecule has 0 radical (unpaired) electrons. The Bertz CT molecular complexity index is 1910. The minimum absolute atomic E-state index is 0.00411. The van der Waals surface area contributed by atoms with Crippen LogP contribution < -0.4 is 11.1 Å². The molecule has 0 bridgehead atoms. The molecule has 1 saturated carbocycles. The number of nitrogen functional groups attached to an aromatic ring is 1. The van der Waals surface area contributed by atoms with Crippen molar-refractivity contribution in [2.45, 2.75) is 37.6 Å². The fraction of sp³-hybridized carbons (Fsp3) is 0.257. The summed E-state index contributed by atoms with van der Waals surface area (Å²) in [6.07, 6.45) is 3.19. The summed E-state index contributed by atoms with van der Waals surface area (Å²) in [6, 6.07) is 18.7. The first-order valence-electron chi connectivity index (χ1n) is 15.1. The van der Waals surface area contributed by atoms with Crippen molar-refractivity contribution < 1.29 is 27.2 Å². The van der Waals surface area contributed by atoms with E-state index in [1.54, 1.807) is 36.5 Å². The van der Waals surface area contributed by atoms with Gasteiger partial charge < -0.3 is 20.4 Å². The maximum Gasteiger partial charge on any atom is 0.255 e. The van der Waals surface area contributed by atoms with E-state index in [1.807, 2.05) is 24.3 Å². The van der Waals surface area contributed by atoms with E-state index in [1.165, 1.54) is 23.2 Å². The summed E-state index contributed by atoms with van der Waals surface area (Å²) in [5.41, 5.74) is 10.3. The zero-order valence-corrected chi connectivity index (χ0v) is 24.7. The van der Waals surface area contributed by atoms with Gasteiger partial charge in [-0.05, 0) is 72.0 Å². The second kappa shape index (κ2) is 11.6. The highest BCUT2D eigenvalue weighted by Crippen LogP contribution is 2.47. The van der Waals surface area contributed by atoms with Crippen LogP contribution in [0.4, 0.5) is 19.0 Å². The van der Waals surface area contributed by atoms with Gasteiger partial charge in [-0.1, -0.05) is 18.2 Å². The van der Waals surface area contributed by atoms with Crippen LogP contribution in [0.15, 0.2) is 83.5 Å². The SMILES string of the molecule is Nc1ccc([C@H]2C[C@@H]2C(=O)NCc2cc3cc(-c4ccc(C(=O)N5CCC(F)(F)CC5)cn4)cc(-c4ccc(F)cc4)c3o2)cn1. The second-order valence-corrected chi connectivity index (χ2v) is 11.9. The fourth-order valence-electron chi connectivity index (χ4n) is 5.99. The predicted octanol–water partition coefficient (Wildman–Crippen LogP) is 6.57. The number of piperidine rings is 1. The molecule has 2 fully saturated rings. The van der Waals surface area contributed by atoms with Crippen LogP contribution >= 0.6 is 0 Å². The minimum Gasteiger partial charge on any atom is -0.459 e. The molecule has 11 heteroatoms. The molecule has 1 saturated heterocycles. The number of anilines is 1. The van der Waals surface area contributed by atoms with Gasteiger partial charge in [-0.2, -0.15) is 0 Å².